The highest BCUT2D eigenvalue weighted by Crippen LogP contribution is 2.35. The number of halogens is 3. The van der Waals surface area contributed by atoms with Gasteiger partial charge in [-0.1, -0.05) is 11.6 Å². The Bertz CT molecular complexity index is 1200. The zero-order valence-corrected chi connectivity index (χ0v) is 18.3. The van der Waals surface area contributed by atoms with E-state index in [1.807, 2.05) is 0 Å². The average Bonchev–Trinajstić information content (AvgIpc) is 3.41. The highest BCUT2D eigenvalue weighted by Gasteiger charge is 2.34. The van der Waals surface area contributed by atoms with E-state index in [-0.39, 0.29) is 34.9 Å². The Morgan fingerprint density at radius 1 is 1.39 bits per heavy atom. The fourth-order valence-corrected chi connectivity index (χ4v) is 3.55. The standard InChI is InChI=1S/C21H18ClF2N5O4/c1-11(12-5-15(22)19(27-6-12)32-9-21(2,23)24)29-8-14-13(20(29)31)3-4-26-17(14)28-18(30)16-7-25-10-33-16/h3-7,10-11H,8-9H2,1-2H3,(H,26,28,30). The van der Waals surface area contributed by atoms with Gasteiger partial charge < -0.3 is 19.4 Å². The molecule has 1 aliphatic rings. The predicted molar refractivity (Wildman–Crippen MR) is 112 cm³/mol. The Labute approximate surface area is 191 Å². The van der Waals surface area contributed by atoms with Crippen molar-refractivity contribution in [2.24, 2.45) is 0 Å². The number of hydrogen-bond acceptors (Lipinski definition) is 7. The van der Waals surface area contributed by atoms with Gasteiger partial charge >= 0.3 is 0 Å². The summed E-state index contributed by atoms with van der Waals surface area (Å²) < 4.78 is 36.0. The van der Waals surface area contributed by atoms with E-state index < -0.39 is 24.5 Å². The first-order valence-corrected chi connectivity index (χ1v) is 10.2. The van der Waals surface area contributed by atoms with Gasteiger partial charge in [0.2, 0.25) is 11.6 Å². The van der Waals surface area contributed by atoms with Crippen molar-refractivity contribution in [3.63, 3.8) is 0 Å². The number of oxazole rings is 1. The number of rotatable bonds is 7. The zero-order chi connectivity index (χ0) is 23.8. The highest BCUT2D eigenvalue weighted by molar-refractivity contribution is 6.31. The van der Waals surface area contributed by atoms with Gasteiger partial charge in [-0.2, -0.15) is 0 Å². The van der Waals surface area contributed by atoms with Crippen molar-refractivity contribution in [3.05, 3.63) is 64.6 Å². The highest BCUT2D eigenvalue weighted by atomic mass is 35.5. The van der Waals surface area contributed by atoms with E-state index in [1.165, 1.54) is 24.7 Å². The zero-order valence-electron chi connectivity index (χ0n) is 17.5. The van der Waals surface area contributed by atoms with Crippen LogP contribution in [0.2, 0.25) is 5.02 Å². The third-order valence-corrected chi connectivity index (χ3v) is 5.28. The van der Waals surface area contributed by atoms with Crippen LogP contribution in [0, 0.1) is 0 Å². The van der Waals surface area contributed by atoms with Gasteiger partial charge in [-0.15, -0.1) is 0 Å². The van der Waals surface area contributed by atoms with Gasteiger partial charge in [0.25, 0.3) is 17.7 Å². The Kier molecular flexibility index (Phi) is 5.98. The van der Waals surface area contributed by atoms with Crippen LogP contribution in [0.15, 0.2) is 41.5 Å². The number of fused-ring (bicyclic) bond motifs is 1. The molecule has 9 nitrogen and oxygen atoms in total. The van der Waals surface area contributed by atoms with E-state index >= 15 is 0 Å². The molecule has 0 saturated heterocycles. The van der Waals surface area contributed by atoms with E-state index in [0.717, 1.165) is 13.3 Å². The number of pyridine rings is 2. The van der Waals surface area contributed by atoms with E-state index in [2.05, 4.69) is 20.3 Å². The largest absolute Gasteiger partial charge is 0.470 e. The summed E-state index contributed by atoms with van der Waals surface area (Å²) in [6.07, 6.45) is 5.24. The molecule has 0 fully saturated rings. The molecule has 4 heterocycles. The molecule has 12 heteroatoms. The third-order valence-electron chi connectivity index (χ3n) is 5.00. The van der Waals surface area contributed by atoms with Crippen LogP contribution >= 0.6 is 11.6 Å². The molecular weight excluding hydrogens is 460 g/mol. The van der Waals surface area contributed by atoms with E-state index in [1.54, 1.807) is 17.9 Å². The molecule has 1 N–H and O–H groups in total. The van der Waals surface area contributed by atoms with Crippen molar-refractivity contribution in [1.29, 1.82) is 0 Å². The Hall–Kier alpha value is -3.60. The normalized spacial score (nSPS) is 14.2. The minimum atomic E-state index is -3.03. The number of carbonyl (C=O) groups is 2. The summed E-state index contributed by atoms with van der Waals surface area (Å²) in [5.41, 5.74) is 1.53. The van der Waals surface area contributed by atoms with Crippen LogP contribution in [-0.4, -0.2) is 44.2 Å². The minimum Gasteiger partial charge on any atom is -0.470 e. The number of nitrogens with one attached hydrogen (secondary N) is 1. The molecule has 172 valence electrons. The lowest BCUT2D eigenvalue weighted by Gasteiger charge is -2.25. The molecule has 4 rings (SSSR count). The van der Waals surface area contributed by atoms with Gasteiger partial charge in [-0.25, -0.2) is 23.7 Å². The predicted octanol–water partition coefficient (Wildman–Crippen LogP) is 4.12. The molecule has 1 atom stereocenters. The fraction of sp³-hybridized carbons (Fsp3) is 0.286. The lowest BCUT2D eigenvalue weighted by Crippen LogP contribution is -2.27. The number of hydrogen-bond donors (Lipinski definition) is 1. The SMILES string of the molecule is CC(c1cnc(OCC(C)(F)F)c(Cl)c1)N1Cc2c(ccnc2NC(=O)c2cnco2)C1=O. The van der Waals surface area contributed by atoms with Crippen LogP contribution in [0.25, 0.3) is 0 Å². The van der Waals surface area contributed by atoms with Gasteiger partial charge in [-0.05, 0) is 24.6 Å². The monoisotopic (exact) mass is 477 g/mol. The summed E-state index contributed by atoms with van der Waals surface area (Å²) >= 11 is 6.16. The quantitative estimate of drug-likeness (QED) is 0.545. The van der Waals surface area contributed by atoms with Crippen LogP contribution < -0.4 is 10.1 Å². The number of aromatic nitrogens is 3. The van der Waals surface area contributed by atoms with E-state index in [9.17, 15) is 18.4 Å². The second-order valence-electron chi connectivity index (χ2n) is 7.53. The molecule has 1 unspecified atom stereocenters. The number of ether oxygens (including phenoxy) is 1. The van der Waals surface area contributed by atoms with Gasteiger partial charge in [0.15, 0.2) is 13.0 Å². The molecule has 33 heavy (non-hydrogen) atoms. The Morgan fingerprint density at radius 3 is 2.85 bits per heavy atom. The fourth-order valence-electron chi connectivity index (χ4n) is 3.32. The summed E-state index contributed by atoms with van der Waals surface area (Å²) in [6, 6.07) is 2.62. The Morgan fingerprint density at radius 2 is 2.18 bits per heavy atom. The molecule has 2 amide bonds. The summed E-state index contributed by atoms with van der Waals surface area (Å²) in [7, 11) is 0. The summed E-state index contributed by atoms with van der Waals surface area (Å²) in [5.74, 6) is -3.72. The smallest absolute Gasteiger partial charge is 0.294 e. The van der Waals surface area contributed by atoms with Gasteiger partial charge in [0, 0.05) is 30.4 Å². The summed E-state index contributed by atoms with van der Waals surface area (Å²) in [4.78, 5) is 38.8. The first kappa shape index (κ1) is 22.6. The molecule has 0 saturated carbocycles. The molecule has 0 spiro atoms. The maximum Gasteiger partial charge on any atom is 0.294 e. The average molecular weight is 478 g/mol. The second kappa shape index (κ2) is 8.74. The molecule has 3 aromatic rings. The van der Waals surface area contributed by atoms with Gasteiger partial charge in [0.05, 0.1) is 18.8 Å². The number of alkyl halides is 2. The lowest BCUT2D eigenvalue weighted by molar-refractivity contribution is -0.0242. The van der Waals surface area contributed by atoms with Crippen molar-refractivity contribution < 1.29 is 27.5 Å². The van der Waals surface area contributed by atoms with Crippen LogP contribution in [0.4, 0.5) is 14.6 Å². The number of amides is 2. The number of carbonyl (C=O) groups excluding carboxylic acids is 2. The molecule has 1 aliphatic heterocycles. The maximum atomic E-state index is 13.0. The molecule has 3 aromatic heterocycles. The first-order chi connectivity index (χ1) is 15.6. The first-order valence-electron chi connectivity index (χ1n) is 9.79. The summed E-state index contributed by atoms with van der Waals surface area (Å²) in [6.45, 7) is 1.82. The van der Waals surface area contributed by atoms with Gasteiger partial charge in [-0.3, -0.25) is 9.59 Å². The number of anilines is 1. The van der Waals surface area contributed by atoms with Gasteiger partial charge in [0.1, 0.15) is 10.8 Å². The molecule has 0 aromatic carbocycles. The molecular formula is C21H18ClF2N5O4. The molecule has 0 radical (unpaired) electrons. The Balaban J connectivity index is 1.52. The van der Waals surface area contributed by atoms with Crippen molar-refractivity contribution in [2.75, 3.05) is 11.9 Å². The van der Waals surface area contributed by atoms with E-state index in [4.69, 9.17) is 20.8 Å². The second-order valence-corrected chi connectivity index (χ2v) is 7.94. The van der Waals surface area contributed by atoms with Crippen LogP contribution in [-0.2, 0) is 6.54 Å². The summed E-state index contributed by atoms with van der Waals surface area (Å²) in [5, 5.41) is 2.68. The van der Waals surface area contributed by atoms with E-state index in [0.29, 0.717) is 16.7 Å². The van der Waals surface area contributed by atoms with Crippen LogP contribution in [0.1, 0.15) is 51.9 Å². The molecule has 0 bridgehead atoms. The molecule has 0 aliphatic carbocycles. The van der Waals surface area contributed by atoms with Crippen molar-refractivity contribution in [1.82, 2.24) is 19.9 Å². The minimum absolute atomic E-state index is 0.00723. The van der Waals surface area contributed by atoms with Crippen LogP contribution in [0.3, 0.4) is 0 Å². The van der Waals surface area contributed by atoms with Crippen molar-refractivity contribution in [2.45, 2.75) is 32.4 Å². The lowest BCUT2D eigenvalue weighted by atomic mass is 10.1. The van der Waals surface area contributed by atoms with Crippen LogP contribution in [0.5, 0.6) is 5.88 Å². The third kappa shape index (κ3) is 4.77. The van der Waals surface area contributed by atoms with Crippen molar-refractivity contribution in [3.8, 4) is 5.88 Å². The maximum absolute atomic E-state index is 13.0. The van der Waals surface area contributed by atoms with Crippen molar-refractivity contribution >= 4 is 29.2 Å². The number of nitrogens with zero attached hydrogens (tertiary/aromatic N) is 4. The topological polar surface area (TPSA) is 110 Å².